The zero-order valence-electron chi connectivity index (χ0n) is 13.6. The number of hydrogen-bond acceptors (Lipinski definition) is 3. The minimum absolute atomic E-state index is 0.174. The van der Waals surface area contributed by atoms with Crippen LogP contribution in [0.3, 0.4) is 0 Å². The zero-order chi connectivity index (χ0) is 16.5. The summed E-state index contributed by atoms with van der Waals surface area (Å²) in [5.74, 6) is 0.597. The van der Waals surface area contributed by atoms with Crippen molar-refractivity contribution < 1.29 is 15.3 Å². The van der Waals surface area contributed by atoms with E-state index in [9.17, 15) is 15.3 Å². The molecule has 22 heavy (non-hydrogen) atoms. The summed E-state index contributed by atoms with van der Waals surface area (Å²) >= 11 is 0. The Balaban J connectivity index is 2.71. The minimum atomic E-state index is -0.250. The van der Waals surface area contributed by atoms with Crippen molar-refractivity contribution in [2.24, 2.45) is 0 Å². The van der Waals surface area contributed by atoms with Gasteiger partial charge in [0.1, 0.15) is 17.2 Å². The zero-order valence-corrected chi connectivity index (χ0v) is 13.6. The molecule has 0 spiro atoms. The second kappa shape index (κ2) is 5.91. The highest BCUT2D eigenvalue weighted by Gasteiger charge is 2.26. The van der Waals surface area contributed by atoms with Crippen LogP contribution in [0.5, 0.6) is 17.2 Å². The minimum Gasteiger partial charge on any atom is -0.508 e. The molecule has 0 aliphatic carbocycles. The van der Waals surface area contributed by atoms with E-state index in [4.69, 9.17) is 0 Å². The first kappa shape index (κ1) is 16.2. The molecule has 0 bridgehead atoms. The molecule has 0 unspecified atom stereocenters. The van der Waals surface area contributed by atoms with Gasteiger partial charge in [0.25, 0.3) is 0 Å². The van der Waals surface area contributed by atoms with Crippen LogP contribution in [0.4, 0.5) is 0 Å². The fourth-order valence-electron chi connectivity index (χ4n) is 2.90. The molecule has 0 aromatic heterocycles. The predicted molar refractivity (Wildman–Crippen MR) is 89.6 cm³/mol. The van der Waals surface area contributed by atoms with E-state index in [2.05, 4.69) is 6.92 Å². The van der Waals surface area contributed by atoms with Gasteiger partial charge in [-0.25, -0.2) is 0 Å². The molecule has 3 N–H and O–H groups in total. The molecule has 2 rings (SSSR count). The third kappa shape index (κ3) is 3.03. The summed E-state index contributed by atoms with van der Waals surface area (Å²) in [6, 6.07) is 8.22. The maximum Gasteiger partial charge on any atom is 0.127 e. The van der Waals surface area contributed by atoms with Crippen LogP contribution in [0.15, 0.2) is 30.3 Å². The van der Waals surface area contributed by atoms with E-state index in [1.165, 1.54) is 0 Å². The average molecular weight is 300 g/mol. The van der Waals surface area contributed by atoms with E-state index < -0.39 is 0 Å². The molecule has 0 amide bonds. The quantitative estimate of drug-likeness (QED) is 0.719. The molecule has 2 aromatic carbocycles. The fourth-order valence-corrected chi connectivity index (χ4v) is 2.90. The van der Waals surface area contributed by atoms with Gasteiger partial charge < -0.3 is 15.3 Å². The lowest BCUT2D eigenvalue weighted by atomic mass is 9.80. The van der Waals surface area contributed by atoms with Crippen molar-refractivity contribution in [3.05, 3.63) is 41.5 Å². The molecule has 3 heteroatoms. The van der Waals surface area contributed by atoms with E-state index in [-0.39, 0.29) is 22.7 Å². The molecule has 0 aliphatic rings. The van der Waals surface area contributed by atoms with E-state index in [1.807, 2.05) is 20.8 Å². The Bertz CT molecular complexity index is 665. The van der Waals surface area contributed by atoms with Crippen molar-refractivity contribution in [1.29, 1.82) is 0 Å². The van der Waals surface area contributed by atoms with Gasteiger partial charge in [0.05, 0.1) is 0 Å². The molecule has 0 saturated carbocycles. The lowest BCUT2D eigenvalue weighted by molar-refractivity contribution is 0.429. The van der Waals surface area contributed by atoms with E-state index in [0.717, 1.165) is 23.1 Å². The summed E-state index contributed by atoms with van der Waals surface area (Å²) in [6.07, 6.45) is 1.59. The largest absolute Gasteiger partial charge is 0.508 e. The number of phenolic OH excluding ortho intramolecular Hbond substituents is 3. The second-order valence-corrected chi connectivity index (χ2v) is 6.69. The molecule has 2 aromatic rings. The lowest BCUT2D eigenvalue weighted by Gasteiger charge is -2.26. The highest BCUT2D eigenvalue weighted by molar-refractivity contribution is 5.76. The average Bonchev–Trinajstić information content (AvgIpc) is 2.42. The van der Waals surface area contributed by atoms with Gasteiger partial charge in [0.2, 0.25) is 0 Å². The van der Waals surface area contributed by atoms with Gasteiger partial charge in [0.15, 0.2) is 0 Å². The molecule has 0 fully saturated rings. The number of phenols is 3. The van der Waals surface area contributed by atoms with Crippen LogP contribution in [0, 0.1) is 0 Å². The first-order chi connectivity index (χ1) is 10.3. The van der Waals surface area contributed by atoms with Crippen LogP contribution in [-0.2, 0) is 11.8 Å². The SMILES string of the molecule is CCCc1c(O)c(-c2ccc(O)cc2)cc(O)c1C(C)(C)C. The Hall–Kier alpha value is -2.16. The Kier molecular flexibility index (Phi) is 4.36. The summed E-state index contributed by atoms with van der Waals surface area (Å²) in [7, 11) is 0. The fraction of sp³-hybridized carbons (Fsp3) is 0.368. The monoisotopic (exact) mass is 300 g/mol. The number of rotatable bonds is 3. The molecule has 0 atom stereocenters. The van der Waals surface area contributed by atoms with Gasteiger partial charge in [-0.05, 0) is 35.6 Å². The molecule has 0 heterocycles. The van der Waals surface area contributed by atoms with Gasteiger partial charge in [-0.1, -0.05) is 46.2 Å². The second-order valence-electron chi connectivity index (χ2n) is 6.69. The van der Waals surface area contributed by atoms with Gasteiger partial charge in [0, 0.05) is 16.7 Å². The normalized spacial score (nSPS) is 11.6. The van der Waals surface area contributed by atoms with Crippen LogP contribution >= 0.6 is 0 Å². The first-order valence-electron chi connectivity index (χ1n) is 7.63. The Labute approximate surface area is 131 Å². The highest BCUT2D eigenvalue weighted by Crippen LogP contribution is 2.44. The molecular formula is C19H24O3. The number of benzene rings is 2. The predicted octanol–water partition coefficient (Wildman–Crippen LogP) is 4.72. The van der Waals surface area contributed by atoms with Crippen molar-refractivity contribution in [2.75, 3.05) is 0 Å². The Morgan fingerprint density at radius 2 is 1.55 bits per heavy atom. The molecule has 0 saturated heterocycles. The van der Waals surface area contributed by atoms with Crippen molar-refractivity contribution in [3.8, 4) is 28.4 Å². The lowest BCUT2D eigenvalue weighted by Crippen LogP contribution is -2.15. The van der Waals surface area contributed by atoms with Crippen LogP contribution in [0.25, 0.3) is 11.1 Å². The van der Waals surface area contributed by atoms with Crippen molar-refractivity contribution >= 4 is 0 Å². The number of aromatic hydroxyl groups is 3. The maximum atomic E-state index is 10.7. The molecule has 118 valence electrons. The van der Waals surface area contributed by atoms with Crippen LogP contribution in [-0.4, -0.2) is 15.3 Å². The molecule has 3 nitrogen and oxygen atoms in total. The van der Waals surface area contributed by atoms with E-state index >= 15 is 0 Å². The van der Waals surface area contributed by atoms with Gasteiger partial charge in [-0.15, -0.1) is 0 Å². The Morgan fingerprint density at radius 1 is 0.955 bits per heavy atom. The molecular weight excluding hydrogens is 276 g/mol. The molecule has 0 aliphatic heterocycles. The smallest absolute Gasteiger partial charge is 0.127 e. The van der Waals surface area contributed by atoms with Crippen molar-refractivity contribution in [3.63, 3.8) is 0 Å². The van der Waals surface area contributed by atoms with Crippen LogP contribution < -0.4 is 0 Å². The molecule has 0 radical (unpaired) electrons. The first-order valence-corrected chi connectivity index (χ1v) is 7.63. The summed E-state index contributed by atoms with van der Waals surface area (Å²) < 4.78 is 0. The number of hydrogen-bond donors (Lipinski definition) is 3. The van der Waals surface area contributed by atoms with Gasteiger partial charge in [-0.3, -0.25) is 0 Å². The standard InChI is InChI=1S/C19H24O3/c1-5-6-14-17(19(2,3)4)16(21)11-15(18(14)22)12-7-9-13(20)10-8-12/h7-11,20-22H,5-6H2,1-4H3. The van der Waals surface area contributed by atoms with Gasteiger partial charge in [-0.2, -0.15) is 0 Å². The summed E-state index contributed by atoms with van der Waals surface area (Å²) in [5.41, 5.74) is 2.71. The van der Waals surface area contributed by atoms with Crippen LogP contribution in [0.1, 0.15) is 45.2 Å². The summed E-state index contributed by atoms with van der Waals surface area (Å²) in [6.45, 7) is 8.14. The van der Waals surface area contributed by atoms with Crippen LogP contribution in [0.2, 0.25) is 0 Å². The van der Waals surface area contributed by atoms with Crippen molar-refractivity contribution in [1.82, 2.24) is 0 Å². The third-order valence-corrected chi connectivity index (χ3v) is 3.81. The maximum absolute atomic E-state index is 10.7. The topological polar surface area (TPSA) is 60.7 Å². The van der Waals surface area contributed by atoms with E-state index in [1.54, 1.807) is 30.3 Å². The highest BCUT2D eigenvalue weighted by atomic mass is 16.3. The summed E-state index contributed by atoms with van der Waals surface area (Å²) in [4.78, 5) is 0. The van der Waals surface area contributed by atoms with Gasteiger partial charge >= 0.3 is 0 Å². The third-order valence-electron chi connectivity index (χ3n) is 3.81. The van der Waals surface area contributed by atoms with E-state index in [0.29, 0.717) is 12.0 Å². The Morgan fingerprint density at radius 3 is 2.05 bits per heavy atom. The van der Waals surface area contributed by atoms with Crippen molar-refractivity contribution in [2.45, 2.75) is 46.0 Å². The summed E-state index contributed by atoms with van der Waals surface area (Å²) in [5, 5.41) is 30.7.